The molecule has 4 heteroatoms. The van der Waals surface area contributed by atoms with E-state index in [9.17, 15) is 4.79 Å². The molecule has 1 saturated carbocycles. The van der Waals surface area contributed by atoms with E-state index in [0.717, 1.165) is 25.3 Å². The number of nitrogens with one attached hydrogen (secondary N) is 1. The predicted octanol–water partition coefficient (Wildman–Crippen LogP) is 2.47. The molecule has 1 heterocycles. The first-order valence-corrected chi connectivity index (χ1v) is 7.51. The first-order valence-electron chi connectivity index (χ1n) is 6.46. The van der Waals surface area contributed by atoms with Gasteiger partial charge in [-0.1, -0.05) is 19.8 Å². The second kappa shape index (κ2) is 5.80. The number of carbonyl (C=O) groups is 1. The van der Waals surface area contributed by atoms with Crippen LogP contribution in [0, 0.1) is 0 Å². The van der Waals surface area contributed by atoms with Crippen LogP contribution in [0.25, 0.3) is 0 Å². The van der Waals surface area contributed by atoms with Crippen molar-refractivity contribution in [1.29, 1.82) is 0 Å². The largest absolute Gasteiger partial charge is 0.335 e. The maximum Gasteiger partial charge on any atom is 0.317 e. The van der Waals surface area contributed by atoms with Gasteiger partial charge in [-0.05, 0) is 19.3 Å². The second-order valence-electron chi connectivity index (χ2n) is 4.78. The van der Waals surface area contributed by atoms with Crippen LogP contribution in [-0.4, -0.2) is 41.1 Å². The second-order valence-corrected chi connectivity index (χ2v) is 6.19. The molecule has 2 rings (SSSR count). The van der Waals surface area contributed by atoms with Crippen molar-refractivity contribution in [2.24, 2.45) is 0 Å². The molecule has 1 N–H and O–H groups in total. The van der Waals surface area contributed by atoms with E-state index in [1.54, 1.807) is 0 Å². The van der Waals surface area contributed by atoms with Gasteiger partial charge < -0.3 is 10.2 Å². The van der Waals surface area contributed by atoms with Gasteiger partial charge in [0.2, 0.25) is 0 Å². The number of carbonyl (C=O) groups excluding carboxylic acids is 1. The van der Waals surface area contributed by atoms with Crippen LogP contribution in [0.15, 0.2) is 0 Å². The lowest BCUT2D eigenvalue weighted by Crippen LogP contribution is -2.49. The molecule has 0 aromatic carbocycles. The van der Waals surface area contributed by atoms with Crippen molar-refractivity contribution in [1.82, 2.24) is 10.2 Å². The monoisotopic (exact) mass is 242 g/mol. The molecule has 0 spiro atoms. The van der Waals surface area contributed by atoms with Crippen molar-refractivity contribution in [3.63, 3.8) is 0 Å². The maximum absolute atomic E-state index is 12.0. The molecule has 0 radical (unpaired) electrons. The highest BCUT2D eigenvalue weighted by Crippen LogP contribution is 2.22. The van der Waals surface area contributed by atoms with Crippen LogP contribution < -0.4 is 5.32 Å². The summed E-state index contributed by atoms with van der Waals surface area (Å²) < 4.78 is 0. The molecule has 0 aromatic heterocycles. The van der Waals surface area contributed by atoms with Gasteiger partial charge in [-0.3, -0.25) is 0 Å². The molecule has 16 heavy (non-hydrogen) atoms. The van der Waals surface area contributed by atoms with E-state index >= 15 is 0 Å². The average molecular weight is 242 g/mol. The fourth-order valence-electron chi connectivity index (χ4n) is 2.49. The molecule has 1 aliphatic heterocycles. The van der Waals surface area contributed by atoms with E-state index in [-0.39, 0.29) is 6.03 Å². The summed E-state index contributed by atoms with van der Waals surface area (Å²) in [4.78, 5) is 14.0. The molecule has 1 unspecified atom stereocenters. The van der Waals surface area contributed by atoms with Crippen LogP contribution in [-0.2, 0) is 0 Å². The van der Waals surface area contributed by atoms with Crippen molar-refractivity contribution < 1.29 is 4.79 Å². The number of amides is 2. The Morgan fingerprint density at radius 1 is 1.44 bits per heavy atom. The Morgan fingerprint density at radius 2 is 2.19 bits per heavy atom. The molecule has 2 fully saturated rings. The molecule has 2 amide bonds. The summed E-state index contributed by atoms with van der Waals surface area (Å²) in [5, 5.41) is 3.81. The summed E-state index contributed by atoms with van der Waals surface area (Å²) in [6, 6.07) is 0.618. The summed E-state index contributed by atoms with van der Waals surface area (Å²) in [6.45, 7) is 4.05. The van der Waals surface area contributed by atoms with E-state index in [0.29, 0.717) is 11.3 Å². The van der Waals surface area contributed by atoms with Crippen molar-refractivity contribution in [2.45, 2.75) is 50.3 Å². The number of hydrogen-bond acceptors (Lipinski definition) is 2. The number of nitrogens with zero attached hydrogens (tertiary/aromatic N) is 1. The predicted molar refractivity (Wildman–Crippen MR) is 68.9 cm³/mol. The standard InChI is InChI=1S/C12H22N2OS/c1-2-11-9-14(7-8-16-11)12(15)13-10-5-3-4-6-10/h10-11H,2-9H2,1H3,(H,13,15). The molecule has 92 valence electrons. The smallest absolute Gasteiger partial charge is 0.317 e. The first-order chi connectivity index (χ1) is 7.79. The highest BCUT2D eigenvalue weighted by molar-refractivity contribution is 8.00. The third kappa shape index (κ3) is 3.06. The van der Waals surface area contributed by atoms with Gasteiger partial charge in [0, 0.05) is 30.1 Å². The van der Waals surface area contributed by atoms with Gasteiger partial charge in [0.05, 0.1) is 0 Å². The Bertz CT molecular complexity index is 241. The molecule has 0 aromatic rings. The Balaban J connectivity index is 1.79. The third-order valence-corrected chi connectivity index (χ3v) is 4.94. The molecule has 1 atom stereocenters. The van der Waals surface area contributed by atoms with Crippen LogP contribution in [0.5, 0.6) is 0 Å². The fraction of sp³-hybridized carbons (Fsp3) is 0.917. The van der Waals surface area contributed by atoms with Gasteiger partial charge in [-0.2, -0.15) is 11.8 Å². The van der Waals surface area contributed by atoms with Gasteiger partial charge >= 0.3 is 6.03 Å². The lowest BCUT2D eigenvalue weighted by molar-refractivity contribution is 0.195. The van der Waals surface area contributed by atoms with Crippen molar-refractivity contribution >= 4 is 17.8 Å². The van der Waals surface area contributed by atoms with Crippen molar-refractivity contribution in [3.8, 4) is 0 Å². The number of hydrogen-bond donors (Lipinski definition) is 1. The zero-order valence-electron chi connectivity index (χ0n) is 10.1. The minimum Gasteiger partial charge on any atom is -0.335 e. The minimum atomic E-state index is 0.172. The van der Waals surface area contributed by atoms with E-state index < -0.39 is 0 Å². The summed E-state index contributed by atoms with van der Waals surface area (Å²) in [5.74, 6) is 1.09. The quantitative estimate of drug-likeness (QED) is 0.807. The lowest BCUT2D eigenvalue weighted by Gasteiger charge is -2.32. The lowest BCUT2D eigenvalue weighted by atomic mass is 10.2. The van der Waals surface area contributed by atoms with Crippen LogP contribution in [0.4, 0.5) is 4.79 Å². The highest BCUT2D eigenvalue weighted by atomic mass is 32.2. The van der Waals surface area contributed by atoms with Crippen LogP contribution in [0.3, 0.4) is 0 Å². The highest BCUT2D eigenvalue weighted by Gasteiger charge is 2.25. The molecule has 0 bridgehead atoms. The van der Waals surface area contributed by atoms with Gasteiger partial charge in [0.25, 0.3) is 0 Å². The number of thioether (sulfide) groups is 1. The van der Waals surface area contributed by atoms with Crippen molar-refractivity contribution in [3.05, 3.63) is 0 Å². The zero-order chi connectivity index (χ0) is 11.4. The van der Waals surface area contributed by atoms with Gasteiger partial charge in [-0.25, -0.2) is 4.79 Å². The Hall–Kier alpha value is -0.380. The molecular weight excluding hydrogens is 220 g/mol. The Kier molecular flexibility index (Phi) is 4.38. The van der Waals surface area contributed by atoms with Crippen LogP contribution in [0.1, 0.15) is 39.0 Å². The molecule has 3 nitrogen and oxygen atoms in total. The Morgan fingerprint density at radius 3 is 2.88 bits per heavy atom. The molecule has 1 aliphatic carbocycles. The zero-order valence-corrected chi connectivity index (χ0v) is 10.9. The van der Waals surface area contributed by atoms with Crippen LogP contribution in [0.2, 0.25) is 0 Å². The molecule has 1 saturated heterocycles. The number of rotatable bonds is 2. The molecule has 2 aliphatic rings. The fourth-order valence-corrected chi connectivity index (χ4v) is 3.67. The summed E-state index contributed by atoms with van der Waals surface area (Å²) >= 11 is 2.01. The van der Waals surface area contributed by atoms with Crippen molar-refractivity contribution in [2.75, 3.05) is 18.8 Å². The molecular formula is C12H22N2OS. The SMILES string of the molecule is CCC1CN(C(=O)NC2CCCC2)CCS1. The normalized spacial score (nSPS) is 27.1. The first kappa shape index (κ1) is 12.1. The summed E-state index contributed by atoms with van der Waals surface area (Å²) in [5.41, 5.74) is 0. The van der Waals surface area contributed by atoms with Gasteiger partial charge in [0.15, 0.2) is 0 Å². The van der Waals surface area contributed by atoms with Gasteiger partial charge in [-0.15, -0.1) is 0 Å². The van der Waals surface area contributed by atoms with Crippen LogP contribution >= 0.6 is 11.8 Å². The van der Waals surface area contributed by atoms with E-state index in [4.69, 9.17) is 0 Å². The third-order valence-electron chi connectivity index (χ3n) is 3.56. The van der Waals surface area contributed by atoms with Gasteiger partial charge in [0.1, 0.15) is 0 Å². The van der Waals surface area contributed by atoms with E-state index in [1.165, 1.54) is 25.7 Å². The average Bonchev–Trinajstić information content (AvgIpc) is 2.82. The summed E-state index contributed by atoms with van der Waals surface area (Å²) in [6.07, 6.45) is 6.06. The topological polar surface area (TPSA) is 32.3 Å². The maximum atomic E-state index is 12.0. The summed E-state index contributed by atoms with van der Waals surface area (Å²) in [7, 11) is 0. The van der Waals surface area contributed by atoms with E-state index in [1.807, 2.05) is 16.7 Å². The minimum absolute atomic E-state index is 0.172. The Labute approximate surface area is 102 Å². The number of urea groups is 1. The van der Waals surface area contributed by atoms with E-state index in [2.05, 4.69) is 12.2 Å².